The number of nitrogens with two attached hydrogens (primary N) is 1. The molecule has 4 nitrogen and oxygen atoms in total. The van der Waals surface area contributed by atoms with Gasteiger partial charge in [0, 0.05) is 13.1 Å². The molecule has 4 heteroatoms. The fraction of sp³-hybridized carbons (Fsp3) is 0.857. The van der Waals surface area contributed by atoms with Gasteiger partial charge in [-0.1, -0.05) is 0 Å². The Morgan fingerprint density at radius 3 is 2.55 bits per heavy atom. The first-order chi connectivity index (χ1) is 5.04. The summed E-state index contributed by atoms with van der Waals surface area (Å²) in [5, 5.41) is 3.00. The van der Waals surface area contributed by atoms with E-state index in [1.54, 1.807) is 6.92 Å². The number of nitrogens with one attached hydrogen (secondary N) is 1. The van der Waals surface area contributed by atoms with Crippen molar-refractivity contribution in [3.63, 3.8) is 0 Å². The monoisotopic (exact) mass is 159 g/mol. The fourth-order valence-corrected chi connectivity index (χ4v) is 0.605. The van der Waals surface area contributed by atoms with Crippen LogP contribution < -0.4 is 11.1 Å². The van der Waals surface area contributed by atoms with E-state index < -0.39 is 0 Å². The first-order valence-electron chi connectivity index (χ1n) is 3.71. The predicted molar refractivity (Wildman–Crippen MR) is 45.2 cm³/mol. The molecule has 1 atom stereocenters. The van der Waals surface area contributed by atoms with E-state index in [2.05, 4.69) is 5.32 Å². The molecule has 1 unspecified atom stereocenters. The maximum atomic E-state index is 10.5. The number of hydrogen-bond acceptors (Lipinski definition) is 3. The Kier molecular flexibility index (Phi) is 4.81. The molecule has 66 valence electrons. The first-order valence-corrected chi connectivity index (χ1v) is 3.71. The Balaban J connectivity index is 3.31. The minimum atomic E-state index is -0.302. The zero-order chi connectivity index (χ0) is 8.85. The number of carbonyl (C=O) groups is 1. The van der Waals surface area contributed by atoms with Gasteiger partial charge in [0.05, 0.1) is 6.04 Å². The molecule has 3 N–H and O–H groups in total. The molecule has 0 aliphatic rings. The zero-order valence-electron chi connectivity index (χ0n) is 7.42. The fourth-order valence-electron chi connectivity index (χ4n) is 0.605. The van der Waals surface area contributed by atoms with Gasteiger partial charge >= 0.3 is 0 Å². The van der Waals surface area contributed by atoms with Gasteiger partial charge < -0.3 is 16.0 Å². The van der Waals surface area contributed by atoms with E-state index >= 15 is 0 Å². The van der Waals surface area contributed by atoms with Crippen LogP contribution in [-0.4, -0.2) is 44.0 Å². The second-order valence-electron chi connectivity index (χ2n) is 2.88. The third kappa shape index (κ3) is 5.82. The van der Waals surface area contributed by atoms with Crippen LogP contribution in [0.15, 0.2) is 0 Å². The van der Waals surface area contributed by atoms with Crippen molar-refractivity contribution < 1.29 is 4.79 Å². The Hall–Kier alpha value is -0.610. The van der Waals surface area contributed by atoms with Crippen molar-refractivity contribution in [2.24, 2.45) is 5.73 Å². The van der Waals surface area contributed by atoms with E-state index in [1.807, 2.05) is 19.0 Å². The van der Waals surface area contributed by atoms with Crippen molar-refractivity contribution >= 4 is 5.91 Å². The van der Waals surface area contributed by atoms with Gasteiger partial charge in [-0.05, 0) is 21.0 Å². The second-order valence-corrected chi connectivity index (χ2v) is 2.88. The van der Waals surface area contributed by atoms with Crippen LogP contribution in [0.25, 0.3) is 0 Å². The third-order valence-electron chi connectivity index (χ3n) is 1.44. The highest BCUT2D eigenvalue weighted by Gasteiger charge is 2.05. The van der Waals surface area contributed by atoms with Crippen LogP contribution in [0.1, 0.15) is 6.92 Å². The molecule has 0 aromatic carbocycles. The van der Waals surface area contributed by atoms with Crippen LogP contribution in [0, 0.1) is 0 Å². The van der Waals surface area contributed by atoms with Gasteiger partial charge in [0.25, 0.3) is 0 Å². The lowest BCUT2D eigenvalue weighted by molar-refractivity contribution is -0.119. The molecule has 0 saturated carbocycles. The quantitative estimate of drug-likeness (QED) is 0.541. The van der Waals surface area contributed by atoms with Crippen molar-refractivity contribution in [2.75, 3.05) is 27.2 Å². The minimum absolute atomic E-state index is 0.227. The summed E-state index contributed by atoms with van der Waals surface area (Å²) in [6.07, 6.45) is 0. The van der Waals surface area contributed by atoms with Gasteiger partial charge in [0.1, 0.15) is 0 Å². The van der Waals surface area contributed by atoms with Crippen molar-refractivity contribution in [3.8, 4) is 0 Å². The summed E-state index contributed by atoms with van der Waals surface area (Å²) < 4.78 is 0. The average molecular weight is 159 g/mol. The van der Waals surface area contributed by atoms with Gasteiger partial charge in [0.2, 0.25) is 5.91 Å². The topological polar surface area (TPSA) is 58.4 Å². The van der Waals surface area contributed by atoms with E-state index in [-0.39, 0.29) is 11.9 Å². The molecule has 11 heavy (non-hydrogen) atoms. The van der Waals surface area contributed by atoms with Gasteiger partial charge in [-0.15, -0.1) is 0 Å². The smallest absolute Gasteiger partial charge is 0.234 e. The van der Waals surface area contributed by atoms with Crippen LogP contribution in [-0.2, 0) is 4.79 Å². The molecule has 0 aromatic heterocycles. The van der Waals surface area contributed by atoms with E-state index in [0.717, 1.165) is 13.1 Å². The summed E-state index contributed by atoms with van der Waals surface area (Å²) in [6.45, 7) is 3.46. The molecule has 0 heterocycles. The Labute approximate surface area is 67.7 Å². The number of primary amides is 1. The summed E-state index contributed by atoms with van der Waals surface area (Å²) in [4.78, 5) is 12.6. The van der Waals surface area contributed by atoms with Crippen LogP contribution in [0.4, 0.5) is 0 Å². The molecule has 0 aliphatic heterocycles. The number of hydrogen-bond donors (Lipinski definition) is 2. The summed E-state index contributed by atoms with van der Waals surface area (Å²) in [5.41, 5.74) is 5.04. The molecule has 0 aromatic rings. The number of amides is 1. The Morgan fingerprint density at radius 2 is 2.18 bits per heavy atom. The molecule has 1 amide bonds. The highest BCUT2D eigenvalue weighted by molar-refractivity contribution is 5.79. The standard InChI is InChI=1S/C7H17N3O/c1-6(7(8)11)9-4-5-10(2)3/h6,9H,4-5H2,1-3H3,(H2,8,11). The summed E-state index contributed by atoms with van der Waals surface area (Å²) in [6, 6.07) is -0.227. The van der Waals surface area contributed by atoms with Gasteiger partial charge in [-0.2, -0.15) is 0 Å². The van der Waals surface area contributed by atoms with Crippen molar-refractivity contribution in [1.29, 1.82) is 0 Å². The maximum absolute atomic E-state index is 10.5. The lowest BCUT2D eigenvalue weighted by atomic mass is 10.3. The van der Waals surface area contributed by atoms with Crippen molar-refractivity contribution in [1.82, 2.24) is 10.2 Å². The molecule has 0 spiro atoms. The number of carbonyl (C=O) groups excluding carboxylic acids is 1. The van der Waals surface area contributed by atoms with Gasteiger partial charge in [-0.3, -0.25) is 4.79 Å². The van der Waals surface area contributed by atoms with Gasteiger partial charge in [-0.25, -0.2) is 0 Å². The molecule has 0 fully saturated rings. The highest BCUT2D eigenvalue weighted by atomic mass is 16.1. The first kappa shape index (κ1) is 10.4. The van der Waals surface area contributed by atoms with Crippen LogP contribution in [0.5, 0.6) is 0 Å². The average Bonchev–Trinajstić information content (AvgIpc) is 1.86. The van der Waals surface area contributed by atoms with Crippen molar-refractivity contribution in [2.45, 2.75) is 13.0 Å². The number of rotatable bonds is 5. The molecule has 0 rings (SSSR count). The zero-order valence-corrected chi connectivity index (χ0v) is 7.42. The summed E-state index contributed by atoms with van der Waals surface area (Å²) in [5.74, 6) is -0.302. The molecule has 0 saturated heterocycles. The SMILES string of the molecule is CC(NCCN(C)C)C(N)=O. The summed E-state index contributed by atoms with van der Waals surface area (Å²) >= 11 is 0. The molecule has 0 aliphatic carbocycles. The number of likely N-dealkylation sites (N-methyl/N-ethyl adjacent to an activating group) is 1. The predicted octanol–water partition coefficient (Wildman–Crippen LogP) is -0.989. The van der Waals surface area contributed by atoms with Crippen molar-refractivity contribution in [3.05, 3.63) is 0 Å². The van der Waals surface area contributed by atoms with Crippen LogP contribution >= 0.6 is 0 Å². The van der Waals surface area contributed by atoms with Crippen LogP contribution in [0.2, 0.25) is 0 Å². The van der Waals surface area contributed by atoms with E-state index in [4.69, 9.17) is 5.73 Å². The normalized spacial score (nSPS) is 13.5. The minimum Gasteiger partial charge on any atom is -0.368 e. The second kappa shape index (κ2) is 5.09. The van der Waals surface area contributed by atoms with Crippen LogP contribution in [0.3, 0.4) is 0 Å². The highest BCUT2D eigenvalue weighted by Crippen LogP contribution is 1.78. The third-order valence-corrected chi connectivity index (χ3v) is 1.44. The van der Waals surface area contributed by atoms with E-state index in [9.17, 15) is 4.79 Å². The molecular formula is C7H17N3O. The van der Waals surface area contributed by atoms with E-state index in [1.165, 1.54) is 0 Å². The maximum Gasteiger partial charge on any atom is 0.234 e. The largest absolute Gasteiger partial charge is 0.368 e. The number of nitrogens with zero attached hydrogens (tertiary/aromatic N) is 1. The molecule has 0 radical (unpaired) electrons. The lowest BCUT2D eigenvalue weighted by Gasteiger charge is -2.13. The molecule has 0 bridgehead atoms. The van der Waals surface area contributed by atoms with Gasteiger partial charge in [0.15, 0.2) is 0 Å². The van der Waals surface area contributed by atoms with E-state index in [0.29, 0.717) is 0 Å². The molecular weight excluding hydrogens is 142 g/mol. The lowest BCUT2D eigenvalue weighted by Crippen LogP contribution is -2.41. The Morgan fingerprint density at radius 1 is 1.64 bits per heavy atom. The Bertz CT molecular complexity index is 125. The summed E-state index contributed by atoms with van der Waals surface area (Å²) in [7, 11) is 3.97.